The molecule has 1 aromatic heterocycles. The maximum absolute atomic E-state index is 13.8. The van der Waals surface area contributed by atoms with Crippen molar-refractivity contribution in [1.29, 1.82) is 5.26 Å². The molecule has 46 heavy (non-hydrogen) atoms. The molecule has 0 aliphatic carbocycles. The van der Waals surface area contributed by atoms with Gasteiger partial charge in [0, 0.05) is 39.5 Å². The lowest BCUT2D eigenvalue weighted by molar-refractivity contribution is -0.130. The van der Waals surface area contributed by atoms with E-state index in [1.54, 1.807) is 4.90 Å². The highest BCUT2D eigenvalue weighted by Crippen LogP contribution is 2.47. The summed E-state index contributed by atoms with van der Waals surface area (Å²) in [6, 6.07) is 17.8. The average molecular weight is 657 g/mol. The predicted octanol–water partition coefficient (Wildman–Crippen LogP) is 7.51. The van der Waals surface area contributed by atoms with Crippen LogP contribution < -0.4 is 9.64 Å². The van der Waals surface area contributed by atoms with Gasteiger partial charge in [0.1, 0.15) is 18.2 Å². The number of hydrogen-bond donors (Lipinski definition) is 0. The number of fused-ring (bicyclic) bond motifs is 4. The number of carbonyl (C=O) groups is 1. The minimum absolute atomic E-state index is 0.0304. The van der Waals surface area contributed by atoms with Crippen molar-refractivity contribution in [1.82, 2.24) is 14.8 Å². The molecule has 3 aromatic carbocycles. The lowest BCUT2D eigenvalue weighted by Gasteiger charge is -2.48. The van der Waals surface area contributed by atoms with Crippen molar-refractivity contribution in [2.75, 3.05) is 37.7 Å². The van der Waals surface area contributed by atoms with E-state index in [9.17, 15) is 14.4 Å². The minimum atomic E-state index is -0.957. The Morgan fingerprint density at radius 2 is 1.83 bits per heavy atom. The van der Waals surface area contributed by atoms with E-state index in [0.717, 1.165) is 66.1 Å². The number of amides is 1. The largest absolute Gasteiger partial charge is 0.475 e. The van der Waals surface area contributed by atoms with Gasteiger partial charge in [-0.05, 0) is 74.3 Å². The molecule has 2 atom stereocenters. The Morgan fingerprint density at radius 3 is 2.57 bits per heavy atom. The zero-order chi connectivity index (χ0) is 31.7. The number of anilines is 1. The molecule has 0 saturated carbocycles. The second kappa shape index (κ2) is 11.1. The number of ether oxygens (including phenoxy) is 1. The fourth-order valence-electron chi connectivity index (χ4n) is 8.42. The number of halogens is 3. The number of pyridine rings is 1. The van der Waals surface area contributed by atoms with Crippen LogP contribution in [0.3, 0.4) is 0 Å². The average Bonchev–Trinajstić information content (AvgIpc) is 3.72. The van der Waals surface area contributed by atoms with Gasteiger partial charge in [0.15, 0.2) is 5.83 Å². The van der Waals surface area contributed by atoms with Crippen molar-refractivity contribution >= 4 is 56.5 Å². The van der Waals surface area contributed by atoms with Crippen molar-refractivity contribution < 1.29 is 13.9 Å². The quantitative estimate of drug-likeness (QED) is 0.200. The topological polar surface area (TPSA) is 72.7 Å². The van der Waals surface area contributed by atoms with Crippen LogP contribution in [0.1, 0.15) is 37.7 Å². The van der Waals surface area contributed by atoms with Gasteiger partial charge in [-0.3, -0.25) is 9.69 Å². The highest BCUT2D eigenvalue weighted by molar-refractivity contribution is 6.38. The van der Waals surface area contributed by atoms with Gasteiger partial charge < -0.3 is 14.5 Å². The fourth-order valence-corrected chi connectivity index (χ4v) is 8.97. The monoisotopic (exact) mass is 655 g/mol. The Balaban J connectivity index is 1.27. The number of aromatic nitrogens is 1. The molecule has 4 aliphatic heterocycles. The summed E-state index contributed by atoms with van der Waals surface area (Å²) in [5.74, 6) is -1.33. The van der Waals surface area contributed by atoms with Crippen LogP contribution in [0.5, 0.6) is 5.88 Å². The summed E-state index contributed by atoms with van der Waals surface area (Å²) in [6.07, 6.45) is 5.05. The van der Waals surface area contributed by atoms with E-state index in [-0.39, 0.29) is 17.6 Å². The molecule has 4 aliphatic rings. The number of nitrogens with zero attached hydrogens (tertiary/aromatic N) is 5. The van der Waals surface area contributed by atoms with Gasteiger partial charge in [-0.15, -0.1) is 0 Å². The van der Waals surface area contributed by atoms with Crippen LogP contribution in [-0.4, -0.2) is 71.1 Å². The zero-order valence-electron chi connectivity index (χ0n) is 25.2. The maximum Gasteiger partial charge on any atom is 0.282 e. The molecule has 0 spiro atoms. The van der Waals surface area contributed by atoms with E-state index in [2.05, 4.69) is 22.4 Å². The second-order valence-electron chi connectivity index (χ2n) is 12.9. The molecule has 0 unspecified atom stereocenters. The molecule has 0 N–H and O–H groups in total. The summed E-state index contributed by atoms with van der Waals surface area (Å²) in [7, 11) is 0. The molecular weight excluding hydrogens is 624 g/mol. The second-order valence-corrected chi connectivity index (χ2v) is 13.7. The van der Waals surface area contributed by atoms with E-state index in [4.69, 9.17) is 32.9 Å². The van der Waals surface area contributed by atoms with E-state index < -0.39 is 11.7 Å². The van der Waals surface area contributed by atoms with E-state index in [1.165, 1.54) is 0 Å². The number of likely N-dealkylation sites (tertiary alicyclic amines) is 1. The first-order valence-electron chi connectivity index (χ1n) is 15.8. The summed E-state index contributed by atoms with van der Waals surface area (Å²) in [6.45, 7) is 6.69. The van der Waals surface area contributed by atoms with Crippen molar-refractivity contribution in [3.63, 3.8) is 0 Å². The normalized spacial score (nSPS) is 21.7. The minimum Gasteiger partial charge on any atom is -0.475 e. The van der Waals surface area contributed by atoms with Crippen LogP contribution in [0.4, 0.5) is 10.1 Å². The molecule has 4 fully saturated rings. The molecule has 0 bridgehead atoms. The first-order valence-corrected chi connectivity index (χ1v) is 16.6. The first kappa shape index (κ1) is 29.5. The van der Waals surface area contributed by atoms with Gasteiger partial charge in [-0.25, -0.2) is 9.37 Å². The summed E-state index contributed by atoms with van der Waals surface area (Å²) >= 11 is 13.8. The summed E-state index contributed by atoms with van der Waals surface area (Å²) in [4.78, 5) is 23.7. The van der Waals surface area contributed by atoms with Crippen LogP contribution in [0.2, 0.25) is 10.0 Å². The fraction of sp³-hybridized carbons (Fsp3) is 0.361. The maximum atomic E-state index is 13.8. The summed E-state index contributed by atoms with van der Waals surface area (Å²) in [5, 5.41) is 14.4. The zero-order valence-corrected chi connectivity index (χ0v) is 26.7. The number of benzene rings is 3. The van der Waals surface area contributed by atoms with E-state index in [0.29, 0.717) is 58.8 Å². The van der Waals surface area contributed by atoms with E-state index >= 15 is 0 Å². The highest BCUT2D eigenvalue weighted by Gasteiger charge is 2.51. The third-order valence-electron chi connectivity index (χ3n) is 10.6. The molecule has 1 amide bonds. The number of rotatable bonds is 6. The number of hydrogen-bond acceptors (Lipinski definition) is 6. The molecule has 0 radical (unpaired) electrons. The van der Waals surface area contributed by atoms with Crippen LogP contribution >= 0.6 is 23.2 Å². The SMILES string of the molecule is C=C(F)C(=O)N1CC[C@@H]2[C@H]1CN2c1c(C#N)c(OCC23CCCN2CCC3)nc2cc(-c3cccc4cccc(Cl)c34)c(Cl)cc12. The molecular formula is C36H32Cl2FN5O2. The lowest BCUT2D eigenvalue weighted by Crippen LogP contribution is -2.63. The predicted molar refractivity (Wildman–Crippen MR) is 179 cm³/mol. The smallest absolute Gasteiger partial charge is 0.282 e. The Hall–Kier alpha value is -3.90. The Kier molecular flexibility index (Phi) is 7.13. The van der Waals surface area contributed by atoms with Gasteiger partial charge >= 0.3 is 0 Å². The Bertz CT molecular complexity index is 1980. The van der Waals surface area contributed by atoms with Crippen LogP contribution in [0.25, 0.3) is 32.8 Å². The Labute approximate surface area is 276 Å². The molecule has 5 heterocycles. The summed E-state index contributed by atoms with van der Waals surface area (Å²) in [5.41, 5.74) is 3.31. The summed E-state index contributed by atoms with van der Waals surface area (Å²) < 4.78 is 20.4. The standard InChI is InChI=1S/C36H32Cl2FN5O2/c1-21(39)35(45)43-15-10-30-31(43)19-44(30)33-25-16-28(38)24(23-8-2-6-22-7-3-9-27(37)32(22)23)17-29(25)41-34(26(33)18-40)46-20-36-11-4-13-42(36)14-5-12-36/h2-3,6-9,16-17,30-31H,1,4-5,10-15,19-20H2/t30-,31-/m1/s1. The van der Waals surface area contributed by atoms with Crippen LogP contribution in [-0.2, 0) is 4.79 Å². The van der Waals surface area contributed by atoms with Gasteiger partial charge in [0.25, 0.3) is 5.91 Å². The van der Waals surface area contributed by atoms with Crippen molar-refractivity contribution in [3.8, 4) is 23.1 Å². The highest BCUT2D eigenvalue weighted by atomic mass is 35.5. The van der Waals surface area contributed by atoms with Crippen LogP contribution in [0, 0.1) is 11.3 Å². The van der Waals surface area contributed by atoms with Gasteiger partial charge in [0.05, 0.1) is 28.8 Å². The number of carbonyl (C=O) groups excluding carboxylic acids is 1. The van der Waals surface area contributed by atoms with E-state index in [1.807, 2.05) is 48.5 Å². The number of nitriles is 1. The molecule has 7 nitrogen and oxygen atoms in total. The molecule has 8 rings (SSSR count). The van der Waals surface area contributed by atoms with Crippen LogP contribution in [0.15, 0.2) is 60.9 Å². The Morgan fingerprint density at radius 1 is 1.07 bits per heavy atom. The van der Waals surface area contributed by atoms with Gasteiger partial charge in [-0.1, -0.05) is 60.1 Å². The van der Waals surface area contributed by atoms with Crippen molar-refractivity contribution in [2.45, 2.75) is 49.7 Å². The van der Waals surface area contributed by atoms with Gasteiger partial charge in [-0.2, -0.15) is 5.26 Å². The third-order valence-corrected chi connectivity index (χ3v) is 11.3. The lowest BCUT2D eigenvalue weighted by atomic mass is 9.92. The van der Waals surface area contributed by atoms with Crippen molar-refractivity contribution in [2.24, 2.45) is 0 Å². The third kappa shape index (κ3) is 4.47. The van der Waals surface area contributed by atoms with Crippen molar-refractivity contribution in [3.05, 3.63) is 76.5 Å². The molecule has 4 aromatic rings. The molecule has 234 valence electrons. The molecule has 4 saturated heterocycles. The molecule has 10 heteroatoms. The first-order chi connectivity index (χ1) is 22.3. The van der Waals surface area contributed by atoms with Gasteiger partial charge in [0.2, 0.25) is 5.88 Å².